The quantitative estimate of drug-likeness (QED) is 0.843. The van der Waals surface area contributed by atoms with Crippen molar-refractivity contribution in [2.75, 3.05) is 6.01 Å². The third kappa shape index (κ3) is 3.02. The molecule has 15 heavy (non-hydrogen) atoms. The van der Waals surface area contributed by atoms with E-state index in [0.717, 1.165) is 0 Å². The summed E-state index contributed by atoms with van der Waals surface area (Å²) in [5, 5.41) is 0. The Labute approximate surface area is 87.2 Å². The molecule has 1 amide bonds. The standard InChI is InChI=1S/C9H10FNO3S/c1-7-4-2-3-5-8(7)9(12)11-15(13,14)6-10/h2-5H,6H2,1H3,(H,11,12). The number of rotatable bonds is 3. The third-order valence-electron chi connectivity index (χ3n) is 1.78. The van der Waals surface area contributed by atoms with Gasteiger partial charge in [-0.15, -0.1) is 0 Å². The first-order chi connectivity index (χ1) is 6.96. The molecule has 0 aliphatic heterocycles. The van der Waals surface area contributed by atoms with Gasteiger partial charge in [-0.05, 0) is 18.6 Å². The molecule has 0 aromatic heterocycles. The predicted molar refractivity (Wildman–Crippen MR) is 53.5 cm³/mol. The van der Waals surface area contributed by atoms with Gasteiger partial charge in [-0.1, -0.05) is 18.2 Å². The fourth-order valence-electron chi connectivity index (χ4n) is 1.05. The van der Waals surface area contributed by atoms with Crippen molar-refractivity contribution >= 4 is 15.9 Å². The summed E-state index contributed by atoms with van der Waals surface area (Å²) in [4.78, 5) is 11.4. The molecule has 0 aliphatic rings. The van der Waals surface area contributed by atoms with Crippen LogP contribution in [-0.2, 0) is 10.0 Å². The molecule has 4 nitrogen and oxygen atoms in total. The Balaban J connectivity index is 2.93. The van der Waals surface area contributed by atoms with Gasteiger partial charge in [0.15, 0.2) is 0 Å². The maximum atomic E-state index is 11.9. The maximum absolute atomic E-state index is 11.9. The third-order valence-corrected chi connectivity index (χ3v) is 2.57. The fraction of sp³-hybridized carbons (Fsp3) is 0.222. The first-order valence-electron chi connectivity index (χ1n) is 4.12. The molecule has 0 fully saturated rings. The summed E-state index contributed by atoms with van der Waals surface area (Å²) in [6, 6.07) is 4.85. The molecular weight excluding hydrogens is 221 g/mol. The second-order valence-corrected chi connectivity index (χ2v) is 4.62. The molecule has 0 heterocycles. The van der Waals surface area contributed by atoms with Gasteiger partial charge in [0.2, 0.25) is 6.01 Å². The number of alkyl halides is 1. The van der Waals surface area contributed by atoms with E-state index >= 15 is 0 Å². The number of carbonyl (C=O) groups excluding carboxylic acids is 1. The summed E-state index contributed by atoms with van der Waals surface area (Å²) in [7, 11) is -4.15. The van der Waals surface area contributed by atoms with Gasteiger partial charge in [0.1, 0.15) is 0 Å². The van der Waals surface area contributed by atoms with Crippen molar-refractivity contribution in [1.29, 1.82) is 0 Å². The first kappa shape index (κ1) is 11.6. The number of hydrogen-bond donors (Lipinski definition) is 1. The first-order valence-corrected chi connectivity index (χ1v) is 5.78. The van der Waals surface area contributed by atoms with Gasteiger partial charge in [-0.3, -0.25) is 4.79 Å². The Bertz CT molecular complexity index is 470. The van der Waals surface area contributed by atoms with Crippen molar-refractivity contribution in [3.63, 3.8) is 0 Å². The monoisotopic (exact) mass is 231 g/mol. The lowest BCUT2D eigenvalue weighted by Crippen LogP contribution is -2.31. The lowest BCUT2D eigenvalue weighted by atomic mass is 10.1. The van der Waals surface area contributed by atoms with Crippen molar-refractivity contribution in [3.05, 3.63) is 35.4 Å². The molecule has 1 N–H and O–H groups in total. The Morgan fingerprint density at radius 2 is 2.00 bits per heavy atom. The number of benzene rings is 1. The minimum atomic E-state index is -4.15. The summed E-state index contributed by atoms with van der Waals surface area (Å²) >= 11 is 0. The van der Waals surface area contributed by atoms with Crippen molar-refractivity contribution in [3.8, 4) is 0 Å². The van der Waals surface area contributed by atoms with E-state index in [1.807, 2.05) is 0 Å². The van der Waals surface area contributed by atoms with E-state index in [1.54, 1.807) is 29.8 Å². The topological polar surface area (TPSA) is 63.2 Å². The van der Waals surface area contributed by atoms with Gasteiger partial charge in [-0.2, -0.15) is 0 Å². The van der Waals surface area contributed by atoms with Crippen LogP contribution in [0.5, 0.6) is 0 Å². The highest BCUT2D eigenvalue weighted by Crippen LogP contribution is 2.06. The summed E-state index contributed by atoms with van der Waals surface area (Å²) in [5.41, 5.74) is 0.846. The normalized spacial score (nSPS) is 11.1. The molecule has 1 aromatic rings. The van der Waals surface area contributed by atoms with Crippen LogP contribution in [-0.4, -0.2) is 20.3 Å². The minimum absolute atomic E-state index is 0.217. The molecule has 0 saturated carbocycles. The molecule has 0 bridgehead atoms. The fourth-order valence-corrected chi connectivity index (χ4v) is 1.50. The number of halogens is 1. The average Bonchev–Trinajstić information content (AvgIpc) is 2.17. The average molecular weight is 231 g/mol. The summed E-state index contributed by atoms with van der Waals surface area (Å²) in [6.07, 6.45) is 0. The van der Waals surface area contributed by atoms with Crippen LogP contribution in [0.1, 0.15) is 15.9 Å². The van der Waals surface area contributed by atoms with Crippen LogP contribution in [0.15, 0.2) is 24.3 Å². The minimum Gasteiger partial charge on any atom is -0.268 e. The Morgan fingerprint density at radius 1 is 1.40 bits per heavy atom. The summed E-state index contributed by atoms with van der Waals surface area (Å²) in [5.74, 6) is -0.814. The molecule has 0 aliphatic carbocycles. The van der Waals surface area contributed by atoms with Gasteiger partial charge in [-0.25, -0.2) is 17.5 Å². The SMILES string of the molecule is Cc1ccccc1C(=O)NS(=O)(=O)CF. The Morgan fingerprint density at radius 3 is 2.53 bits per heavy atom. The van der Waals surface area contributed by atoms with Gasteiger partial charge < -0.3 is 0 Å². The highest BCUT2D eigenvalue weighted by atomic mass is 32.2. The van der Waals surface area contributed by atoms with E-state index in [1.165, 1.54) is 6.07 Å². The number of sulfonamides is 1. The number of hydrogen-bond acceptors (Lipinski definition) is 3. The van der Waals surface area contributed by atoms with Gasteiger partial charge in [0.05, 0.1) is 0 Å². The molecule has 1 aromatic carbocycles. The molecule has 0 radical (unpaired) electrons. The molecular formula is C9H10FNO3S. The van der Waals surface area contributed by atoms with Crippen LogP contribution in [0.4, 0.5) is 4.39 Å². The molecule has 0 atom stereocenters. The molecule has 1 rings (SSSR count). The lowest BCUT2D eigenvalue weighted by molar-refractivity contribution is 0.0980. The smallest absolute Gasteiger partial charge is 0.265 e. The summed E-state index contributed by atoms with van der Waals surface area (Å²) < 4.78 is 35.1. The van der Waals surface area contributed by atoms with Crippen molar-refractivity contribution in [1.82, 2.24) is 4.72 Å². The van der Waals surface area contributed by atoms with Crippen molar-refractivity contribution < 1.29 is 17.6 Å². The number of nitrogens with one attached hydrogen (secondary N) is 1. The van der Waals surface area contributed by atoms with Crippen LogP contribution >= 0.6 is 0 Å². The highest BCUT2D eigenvalue weighted by Gasteiger charge is 2.16. The largest absolute Gasteiger partial charge is 0.268 e. The van der Waals surface area contributed by atoms with Crippen LogP contribution in [0.3, 0.4) is 0 Å². The zero-order valence-corrected chi connectivity index (χ0v) is 8.84. The van der Waals surface area contributed by atoms with Crippen molar-refractivity contribution in [2.45, 2.75) is 6.92 Å². The molecule has 0 unspecified atom stereocenters. The second-order valence-electron chi connectivity index (χ2n) is 2.97. The molecule has 6 heteroatoms. The zero-order valence-electron chi connectivity index (χ0n) is 8.03. The molecule has 82 valence electrons. The van der Waals surface area contributed by atoms with E-state index < -0.39 is 21.9 Å². The van der Waals surface area contributed by atoms with Crippen LogP contribution in [0.2, 0.25) is 0 Å². The summed E-state index contributed by atoms with van der Waals surface area (Å²) in [6.45, 7) is 1.66. The zero-order chi connectivity index (χ0) is 11.5. The molecule has 0 spiro atoms. The van der Waals surface area contributed by atoms with E-state index in [9.17, 15) is 17.6 Å². The van der Waals surface area contributed by atoms with E-state index in [4.69, 9.17) is 0 Å². The van der Waals surface area contributed by atoms with Gasteiger partial charge >= 0.3 is 0 Å². The van der Waals surface area contributed by atoms with E-state index in [-0.39, 0.29) is 5.56 Å². The van der Waals surface area contributed by atoms with Crippen LogP contribution in [0, 0.1) is 6.92 Å². The highest BCUT2D eigenvalue weighted by molar-refractivity contribution is 7.89. The Hall–Kier alpha value is -1.43. The van der Waals surface area contributed by atoms with Gasteiger partial charge in [0.25, 0.3) is 15.9 Å². The number of amides is 1. The van der Waals surface area contributed by atoms with E-state index in [2.05, 4.69) is 0 Å². The van der Waals surface area contributed by atoms with Gasteiger partial charge in [0, 0.05) is 5.56 Å². The van der Waals surface area contributed by atoms with Crippen molar-refractivity contribution in [2.24, 2.45) is 0 Å². The Kier molecular flexibility index (Phi) is 3.41. The molecule has 0 saturated heterocycles. The number of carbonyl (C=O) groups is 1. The predicted octanol–water partition coefficient (Wildman–Crippen LogP) is 0.982. The second kappa shape index (κ2) is 4.39. The van der Waals surface area contributed by atoms with E-state index in [0.29, 0.717) is 5.56 Å². The van der Waals surface area contributed by atoms with Crippen LogP contribution in [0.25, 0.3) is 0 Å². The maximum Gasteiger partial charge on any atom is 0.265 e. The number of aryl methyl sites for hydroxylation is 1. The lowest BCUT2D eigenvalue weighted by Gasteiger charge is -2.05. The van der Waals surface area contributed by atoms with Crippen LogP contribution < -0.4 is 4.72 Å².